The topological polar surface area (TPSA) is 49.3 Å². The summed E-state index contributed by atoms with van der Waals surface area (Å²) in [4.78, 5) is 11.4. The lowest BCUT2D eigenvalue weighted by Gasteiger charge is -2.01. The maximum absolute atomic E-state index is 11.4. The summed E-state index contributed by atoms with van der Waals surface area (Å²) in [5, 5.41) is 11.0. The van der Waals surface area contributed by atoms with E-state index in [9.17, 15) is 4.79 Å². The molecule has 0 aromatic heterocycles. The standard InChI is InChI=1S/C16H23NO2/c1-2-3-4-5-6-7-8-14-9-11-15(12-10-14)16(19)17-13-18/h7-12,18H,2-6,13H2,1H3,(H,17,19). The van der Waals surface area contributed by atoms with Crippen LogP contribution >= 0.6 is 0 Å². The molecule has 0 saturated heterocycles. The van der Waals surface area contributed by atoms with Crippen LogP contribution in [0, 0.1) is 0 Å². The van der Waals surface area contributed by atoms with E-state index in [2.05, 4.69) is 24.4 Å². The van der Waals surface area contributed by atoms with E-state index in [1.54, 1.807) is 12.1 Å². The number of amides is 1. The second-order valence-electron chi connectivity index (χ2n) is 4.54. The van der Waals surface area contributed by atoms with E-state index in [1.165, 1.54) is 25.7 Å². The number of benzene rings is 1. The van der Waals surface area contributed by atoms with Crippen LogP contribution in [-0.4, -0.2) is 17.7 Å². The fourth-order valence-electron chi connectivity index (χ4n) is 1.83. The highest BCUT2D eigenvalue weighted by atomic mass is 16.3. The van der Waals surface area contributed by atoms with Crippen LogP contribution in [0.5, 0.6) is 0 Å². The molecule has 0 fully saturated rings. The average molecular weight is 261 g/mol. The third kappa shape index (κ3) is 6.20. The zero-order valence-electron chi connectivity index (χ0n) is 11.6. The number of aliphatic hydroxyl groups is 1. The van der Waals surface area contributed by atoms with Crippen LogP contribution in [0.4, 0.5) is 0 Å². The van der Waals surface area contributed by atoms with Crippen molar-refractivity contribution in [3.05, 3.63) is 41.5 Å². The first kappa shape index (κ1) is 15.4. The molecule has 0 unspecified atom stereocenters. The molecule has 0 heterocycles. The summed E-state index contributed by atoms with van der Waals surface area (Å²) in [6.45, 7) is 1.88. The minimum atomic E-state index is -0.335. The Kier molecular flexibility index (Phi) is 7.59. The van der Waals surface area contributed by atoms with Gasteiger partial charge in [0.2, 0.25) is 0 Å². The Labute approximate surface area is 115 Å². The van der Waals surface area contributed by atoms with Gasteiger partial charge in [-0.1, -0.05) is 50.5 Å². The summed E-state index contributed by atoms with van der Waals surface area (Å²) in [5.41, 5.74) is 1.66. The number of carbonyl (C=O) groups is 1. The number of aliphatic hydroxyl groups excluding tert-OH is 1. The van der Waals surface area contributed by atoms with Crippen molar-refractivity contribution in [2.24, 2.45) is 0 Å². The molecule has 0 radical (unpaired) electrons. The van der Waals surface area contributed by atoms with E-state index < -0.39 is 0 Å². The first-order chi connectivity index (χ1) is 9.27. The van der Waals surface area contributed by atoms with Crippen LogP contribution in [0.25, 0.3) is 6.08 Å². The van der Waals surface area contributed by atoms with E-state index >= 15 is 0 Å². The Morgan fingerprint density at radius 1 is 1.21 bits per heavy atom. The average Bonchev–Trinajstić information content (AvgIpc) is 2.43. The molecule has 19 heavy (non-hydrogen) atoms. The second kappa shape index (κ2) is 9.34. The number of hydrogen-bond donors (Lipinski definition) is 2. The summed E-state index contributed by atoms with van der Waals surface area (Å²) < 4.78 is 0. The fraction of sp³-hybridized carbons (Fsp3) is 0.438. The minimum Gasteiger partial charge on any atom is -0.376 e. The number of allylic oxidation sites excluding steroid dienone is 1. The largest absolute Gasteiger partial charge is 0.376 e. The van der Waals surface area contributed by atoms with Crippen molar-refractivity contribution in [1.82, 2.24) is 5.32 Å². The maximum Gasteiger partial charge on any atom is 0.253 e. The van der Waals surface area contributed by atoms with Crippen molar-refractivity contribution in [1.29, 1.82) is 0 Å². The van der Waals surface area contributed by atoms with Gasteiger partial charge in [-0.25, -0.2) is 0 Å². The van der Waals surface area contributed by atoms with E-state index in [-0.39, 0.29) is 12.6 Å². The van der Waals surface area contributed by atoms with Gasteiger partial charge >= 0.3 is 0 Å². The number of hydrogen-bond acceptors (Lipinski definition) is 2. The van der Waals surface area contributed by atoms with Gasteiger partial charge in [-0.05, 0) is 30.5 Å². The van der Waals surface area contributed by atoms with Crippen molar-refractivity contribution in [2.75, 3.05) is 6.73 Å². The Hall–Kier alpha value is -1.61. The molecule has 0 bridgehead atoms. The van der Waals surface area contributed by atoms with Crippen LogP contribution in [0.3, 0.4) is 0 Å². The Bertz CT molecular complexity index is 396. The fourth-order valence-corrected chi connectivity index (χ4v) is 1.83. The molecule has 1 aromatic rings. The number of unbranched alkanes of at least 4 members (excludes halogenated alkanes) is 4. The van der Waals surface area contributed by atoms with Gasteiger partial charge in [0.15, 0.2) is 0 Å². The molecule has 0 aliphatic rings. The summed E-state index contributed by atoms with van der Waals surface area (Å²) in [6, 6.07) is 7.35. The molecule has 2 N–H and O–H groups in total. The smallest absolute Gasteiger partial charge is 0.253 e. The molecule has 0 atom stereocenters. The normalized spacial score (nSPS) is 10.8. The van der Waals surface area contributed by atoms with Crippen LogP contribution in [0.15, 0.2) is 30.3 Å². The third-order valence-electron chi connectivity index (χ3n) is 2.95. The molecule has 0 spiro atoms. The molecular weight excluding hydrogens is 238 g/mol. The predicted molar refractivity (Wildman–Crippen MR) is 78.8 cm³/mol. The van der Waals surface area contributed by atoms with Crippen LogP contribution in [0.1, 0.15) is 54.9 Å². The first-order valence-electron chi connectivity index (χ1n) is 6.93. The highest BCUT2D eigenvalue weighted by molar-refractivity contribution is 5.94. The highest BCUT2D eigenvalue weighted by Gasteiger charge is 2.02. The van der Waals surface area contributed by atoms with Crippen molar-refractivity contribution in [3.8, 4) is 0 Å². The molecule has 0 aliphatic heterocycles. The van der Waals surface area contributed by atoms with Gasteiger partial charge in [-0.15, -0.1) is 0 Å². The molecule has 3 heteroatoms. The minimum absolute atomic E-state index is 0.252. The second-order valence-corrected chi connectivity index (χ2v) is 4.54. The zero-order valence-corrected chi connectivity index (χ0v) is 11.6. The molecule has 0 aliphatic carbocycles. The lowest BCUT2D eigenvalue weighted by Crippen LogP contribution is -2.23. The summed E-state index contributed by atoms with van der Waals surface area (Å²) in [5.74, 6) is -0.252. The van der Waals surface area contributed by atoms with Crippen LogP contribution in [0.2, 0.25) is 0 Å². The summed E-state index contributed by atoms with van der Waals surface area (Å²) in [6.07, 6.45) is 10.5. The SMILES string of the molecule is CCCCCCC=Cc1ccc(C(=O)NCO)cc1. The number of nitrogens with one attached hydrogen (secondary N) is 1. The number of rotatable bonds is 8. The van der Waals surface area contributed by atoms with Gasteiger partial charge in [0, 0.05) is 5.56 Å². The van der Waals surface area contributed by atoms with E-state index in [1.807, 2.05) is 12.1 Å². The quantitative estimate of drug-likeness (QED) is 0.557. The maximum atomic E-state index is 11.4. The van der Waals surface area contributed by atoms with Crippen molar-refractivity contribution < 1.29 is 9.90 Å². The Balaban J connectivity index is 2.39. The molecule has 1 aromatic carbocycles. The molecule has 0 saturated carbocycles. The van der Waals surface area contributed by atoms with Gasteiger partial charge in [-0.3, -0.25) is 4.79 Å². The molecule has 104 valence electrons. The van der Waals surface area contributed by atoms with E-state index in [0.717, 1.165) is 12.0 Å². The summed E-state index contributed by atoms with van der Waals surface area (Å²) >= 11 is 0. The van der Waals surface area contributed by atoms with Gasteiger partial charge in [0.1, 0.15) is 6.73 Å². The van der Waals surface area contributed by atoms with Gasteiger partial charge in [0.05, 0.1) is 0 Å². The Morgan fingerprint density at radius 2 is 1.95 bits per heavy atom. The van der Waals surface area contributed by atoms with Crippen LogP contribution in [-0.2, 0) is 0 Å². The lowest BCUT2D eigenvalue weighted by atomic mass is 10.1. The van der Waals surface area contributed by atoms with Gasteiger partial charge < -0.3 is 10.4 Å². The van der Waals surface area contributed by atoms with Crippen molar-refractivity contribution in [2.45, 2.75) is 39.0 Å². The predicted octanol–water partition coefficient (Wildman–Crippen LogP) is 3.35. The first-order valence-corrected chi connectivity index (χ1v) is 6.93. The zero-order chi connectivity index (χ0) is 13.9. The van der Waals surface area contributed by atoms with Gasteiger partial charge in [-0.2, -0.15) is 0 Å². The van der Waals surface area contributed by atoms with Gasteiger partial charge in [0.25, 0.3) is 5.91 Å². The molecule has 1 rings (SSSR count). The van der Waals surface area contributed by atoms with E-state index in [0.29, 0.717) is 5.56 Å². The number of carbonyl (C=O) groups excluding carboxylic acids is 1. The molecule has 1 amide bonds. The monoisotopic (exact) mass is 261 g/mol. The lowest BCUT2D eigenvalue weighted by molar-refractivity contribution is 0.0910. The van der Waals surface area contributed by atoms with Crippen LogP contribution < -0.4 is 5.32 Å². The third-order valence-corrected chi connectivity index (χ3v) is 2.95. The molecular formula is C16H23NO2. The van der Waals surface area contributed by atoms with Crippen molar-refractivity contribution >= 4 is 12.0 Å². The Morgan fingerprint density at radius 3 is 2.58 bits per heavy atom. The molecule has 3 nitrogen and oxygen atoms in total. The van der Waals surface area contributed by atoms with Crippen molar-refractivity contribution in [3.63, 3.8) is 0 Å². The summed E-state index contributed by atoms with van der Waals surface area (Å²) in [7, 11) is 0. The van der Waals surface area contributed by atoms with E-state index in [4.69, 9.17) is 5.11 Å². The highest BCUT2D eigenvalue weighted by Crippen LogP contribution is 2.08.